The minimum absolute atomic E-state index is 0.602. The van der Waals surface area contributed by atoms with Crippen LogP contribution in [0.2, 0.25) is 0 Å². The third kappa shape index (κ3) is 3.32. The van der Waals surface area contributed by atoms with Crippen LogP contribution < -0.4 is 5.32 Å². The molecule has 0 saturated heterocycles. The summed E-state index contributed by atoms with van der Waals surface area (Å²) in [5, 5.41) is 3.65. The molecule has 1 aromatic carbocycles. The number of aryl methyl sites for hydroxylation is 1. The minimum Gasteiger partial charge on any atom is -0.312 e. The molecular weight excluding hydrogens is 206 g/mol. The van der Waals surface area contributed by atoms with Gasteiger partial charge in [0.2, 0.25) is 0 Å². The Bertz CT molecular complexity index is 333. The summed E-state index contributed by atoms with van der Waals surface area (Å²) in [5.74, 6) is 0. The molecule has 1 nitrogen and oxygen atoms in total. The monoisotopic (exact) mass is 231 g/mol. The Labute approximate surface area is 106 Å². The van der Waals surface area contributed by atoms with E-state index in [1.54, 1.807) is 0 Å². The zero-order chi connectivity index (χ0) is 12.1. The lowest BCUT2D eigenvalue weighted by Gasteiger charge is -2.27. The van der Waals surface area contributed by atoms with Crippen LogP contribution in [0.4, 0.5) is 0 Å². The lowest BCUT2D eigenvalue weighted by molar-refractivity contribution is 0.268. The summed E-state index contributed by atoms with van der Waals surface area (Å²) in [6.07, 6.45) is 7.03. The van der Waals surface area contributed by atoms with Crippen molar-refractivity contribution in [3.63, 3.8) is 0 Å². The zero-order valence-corrected chi connectivity index (χ0v) is 11.3. The molecule has 1 heteroatoms. The summed E-state index contributed by atoms with van der Waals surface area (Å²) in [7, 11) is 0. The maximum atomic E-state index is 3.65. The lowest BCUT2D eigenvalue weighted by Crippen LogP contribution is -2.31. The predicted octanol–water partition coefficient (Wildman–Crippen LogP) is 4.06. The molecule has 0 bridgehead atoms. The molecule has 0 spiro atoms. The maximum Gasteiger partial charge on any atom is 0.0205 e. The van der Waals surface area contributed by atoms with Crippen LogP contribution in [0.3, 0.4) is 0 Å². The smallest absolute Gasteiger partial charge is 0.0205 e. The van der Waals surface area contributed by atoms with Gasteiger partial charge in [0.1, 0.15) is 0 Å². The molecular formula is C16H25N. The van der Waals surface area contributed by atoms with Crippen LogP contribution in [-0.2, 0) is 6.54 Å². The van der Waals surface area contributed by atoms with Gasteiger partial charge in [-0.15, -0.1) is 0 Å². The molecule has 0 atom stereocenters. The van der Waals surface area contributed by atoms with Crippen LogP contribution in [0.5, 0.6) is 0 Å². The van der Waals surface area contributed by atoms with E-state index in [4.69, 9.17) is 0 Å². The molecule has 94 valence electrons. The van der Waals surface area contributed by atoms with Crippen molar-refractivity contribution in [3.8, 4) is 0 Å². The molecule has 1 saturated carbocycles. The Balaban J connectivity index is 1.80. The van der Waals surface area contributed by atoms with Crippen molar-refractivity contribution in [3.05, 3.63) is 35.4 Å². The van der Waals surface area contributed by atoms with Crippen molar-refractivity contribution in [2.75, 3.05) is 6.54 Å². The Morgan fingerprint density at radius 3 is 2.35 bits per heavy atom. The summed E-state index contributed by atoms with van der Waals surface area (Å²) in [6, 6.07) is 8.86. The van der Waals surface area contributed by atoms with Gasteiger partial charge in [-0.25, -0.2) is 0 Å². The molecule has 1 aliphatic carbocycles. The average Bonchev–Trinajstić information content (AvgIpc) is 2.81. The highest BCUT2D eigenvalue weighted by Gasteiger charge is 2.31. The van der Waals surface area contributed by atoms with Gasteiger partial charge in [-0.3, -0.25) is 0 Å². The summed E-state index contributed by atoms with van der Waals surface area (Å²) in [4.78, 5) is 0. The molecule has 17 heavy (non-hydrogen) atoms. The third-order valence-electron chi connectivity index (χ3n) is 4.36. The summed E-state index contributed by atoms with van der Waals surface area (Å²) < 4.78 is 0. The quantitative estimate of drug-likeness (QED) is 0.806. The molecule has 0 radical (unpaired) electrons. The second-order valence-electron chi connectivity index (χ2n) is 5.65. The molecule has 2 rings (SSSR count). The van der Waals surface area contributed by atoms with Crippen LogP contribution in [0.15, 0.2) is 24.3 Å². The van der Waals surface area contributed by atoms with E-state index >= 15 is 0 Å². The second-order valence-corrected chi connectivity index (χ2v) is 5.65. The molecule has 0 heterocycles. The van der Waals surface area contributed by atoms with Gasteiger partial charge in [0.25, 0.3) is 0 Å². The Hall–Kier alpha value is -0.820. The van der Waals surface area contributed by atoms with Crippen LogP contribution in [0.1, 0.15) is 50.2 Å². The van der Waals surface area contributed by atoms with Gasteiger partial charge in [0.15, 0.2) is 0 Å². The molecule has 1 N–H and O–H groups in total. The van der Waals surface area contributed by atoms with Gasteiger partial charge in [0, 0.05) is 13.1 Å². The normalized spacial score (nSPS) is 18.5. The van der Waals surface area contributed by atoms with Crippen molar-refractivity contribution >= 4 is 0 Å². The van der Waals surface area contributed by atoms with Gasteiger partial charge in [-0.1, -0.05) is 49.6 Å². The van der Waals surface area contributed by atoms with Gasteiger partial charge in [-0.2, -0.15) is 0 Å². The van der Waals surface area contributed by atoms with E-state index in [1.165, 1.54) is 49.8 Å². The Morgan fingerprint density at radius 2 is 1.76 bits per heavy atom. The van der Waals surface area contributed by atoms with E-state index in [-0.39, 0.29) is 0 Å². The highest BCUT2D eigenvalue weighted by Crippen LogP contribution is 2.40. The van der Waals surface area contributed by atoms with Crippen molar-refractivity contribution in [1.82, 2.24) is 5.32 Å². The van der Waals surface area contributed by atoms with E-state index in [1.807, 2.05) is 0 Å². The fourth-order valence-electron chi connectivity index (χ4n) is 2.96. The molecule has 1 fully saturated rings. The first-order chi connectivity index (χ1) is 8.24. The van der Waals surface area contributed by atoms with Gasteiger partial charge < -0.3 is 5.32 Å². The molecule has 0 unspecified atom stereocenters. The molecule has 0 amide bonds. The number of nitrogens with one attached hydrogen (secondary N) is 1. The first-order valence-corrected chi connectivity index (χ1v) is 7.00. The minimum atomic E-state index is 0.602. The summed E-state index contributed by atoms with van der Waals surface area (Å²) >= 11 is 0. The Morgan fingerprint density at radius 1 is 1.12 bits per heavy atom. The van der Waals surface area contributed by atoms with Crippen LogP contribution in [-0.4, -0.2) is 6.54 Å². The maximum absolute atomic E-state index is 3.65. The van der Waals surface area contributed by atoms with Crippen LogP contribution in [0, 0.1) is 12.3 Å². The van der Waals surface area contributed by atoms with Crippen molar-refractivity contribution in [2.45, 2.75) is 52.5 Å². The fourth-order valence-corrected chi connectivity index (χ4v) is 2.96. The molecule has 1 aliphatic rings. The lowest BCUT2D eigenvalue weighted by atomic mass is 9.83. The molecule has 1 aromatic rings. The number of hydrogen-bond acceptors (Lipinski definition) is 1. The van der Waals surface area contributed by atoms with Gasteiger partial charge in [0.05, 0.1) is 0 Å². The van der Waals surface area contributed by atoms with Gasteiger partial charge in [-0.05, 0) is 37.2 Å². The molecule has 0 aromatic heterocycles. The number of hydrogen-bond donors (Lipinski definition) is 1. The third-order valence-corrected chi connectivity index (χ3v) is 4.36. The number of benzene rings is 1. The van der Waals surface area contributed by atoms with Crippen molar-refractivity contribution in [2.24, 2.45) is 5.41 Å². The van der Waals surface area contributed by atoms with Crippen molar-refractivity contribution in [1.29, 1.82) is 0 Å². The number of rotatable bonds is 5. The van der Waals surface area contributed by atoms with Crippen molar-refractivity contribution < 1.29 is 0 Å². The van der Waals surface area contributed by atoms with Crippen LogP contribution >= 0.6 is 0 Å². The first kappa shape index (κ1) is 12.6. The van der Waals surface area contributed by atoms with Gasteiger partial charge >= 0.3 is 0 Å². The Kier molecular flexibility index (Phi) is 4.22. The largest absolute Gasteiger partial charge is 0.312 e. The topological polar surface area (TPSA) is 12.0 Å². The van der Waals surface area contributed by atoms with Crippen LogP contribution in [0.25, 0.3) is 0 Å². The molecule has 0 aliphatic heterocycles. The fraction of sp³-hybridized carbons (Fsp3) is 0.625. The van der Waals surface area contributed by atoms with E-state index in [9.17, 15) is 0 Å². The average molecular weight is 231 g/mol. The highest BCUT2D eigenvalue weighted by atomic mass is 14.9. The SMILES string of the molecule is CCC1(CNCc2ccc(C)cc2)CCCC1. The summed E-state index contributed by atoms with van der Waals surface area (Å²) in [6.45, 7) is 6.69. The first-order valence-electron chi connectivity index (χ1n) is 7.00. The standard InChI is InChI=1S/C16H25N/c1-3-16(10-4-5-11-16)13-17-12-15-8-6-14(2)7-9-15/h6-9,17H,3-5,10-13H2,1-2H3. The summed E-state index contributed by atoms with van der Waals surface area (Å²) in [5.41, 5.74) is 3.35. The zero-order valence-electron chi connectivity index (χ0n) is 11.3. The van der Waals surface area contributed by atoms with E-state index in [2.05, 4.69) is 43.4 Å². The highest BCUT2D eigenvalue weighted by molar-refractivity contribution is 5.21. The predicted molar refractivity (Wildman–Crippen MR) is 74.1 cm³/mol. The van der Waals surface area contributed by atoms with E-state index in [0.717, 1.165) is 6.54 Å². The second kappa shape index (κ2) is 5.68. The van der Waals surface area contributed by atoms with E-state index in [0.29, 0.717) is 5.41 Å². The van der Waals surface area contributed by atoms with E-state index < -0.39 is 0 Å².